The lowest BCUT2D eigenvalue weighted by Crippen LogP contribution is -2.28. The molecule has 0 aromatic heterocycles. The number of carbonyl (C=O) groups excluding carboxylic acids is 1. The van der Waals surface area contributed by atoms with Crippen molar-refractivity contribution in [2.45, 2.75) is 32.0 Å². The Morgan fingerprint density at radius 2 is 1.86 bits per heavy atom. The van der Waals surface area contributed by atoms with Gasteiger partial charge in [0.05, 0.1) is 14.2 Å². The second-order valence-corrected chi connectivity index (χ2v) is 9.79. The molecule has 5 nitrogen and oxygen atoms in total. The fraction of sp³-hybridized carbons (Fsp3) is 0.533. The van der Waals surface area contributed by atoms with E-state index in [1.54, 1.807) is 20.3 Å². The SMILES string of the molecule is COC(=O)Oc1ccc(CCC[Si](C)(C)OC)cc1OC. The maximum absolute atomic E-state index is 11.1. The zero-order valence-electron chi connectivity index (χ0n) is 13.4. The molecule has 0 aliphatic rings. The molecule has 0 bridgehead atoms. The first-order chi connectivity index (χ1) is 9.91. The summed E-state index contributed by atoms with van der Waals surface area (Å²) in [5, 5.41) is 0. The van der Waals surface area contributed by atoms with E-state index in [4.69, 9.17) is 13.9 Å². The fourth-order valence-corrected chi connectivity index (χ4v) is 3.14. The molecule has 0 spiro atoms. The summed E-state index contributed by atoms with van der Waals surface area (Å²) in [6.45, 7) is 4.42. The van der Waals surface area contributed by atoms with E-state index in [1.807, 2.05) is 12.1 Å². The van der Waals surface area contributed by atoms with Gasteiger partial charge in [-0.15, -0.1) is 0 Å². The van der Waals surface area contributed by atoms with Crippen LogP contribution >= 0.6 is 0 Å². The van der Waals surface area contributed by atoms with Gasteiger partial charge in [0.15, 0.2) is 19.8 Å². The van der Waals surface area contributed by atoms with Crippen LogP contribution in [-0.4, -0.2) is 35.8 Å². The number of aryl methyl sites for hydroxylation is 1. The first-order valence-corrected chi connectivity index (χ1v) is 10.0. The Morgan fingerprint density at radius 1 is 1.14 bits per heavy atom. The minimum absolute atomic E-state index is 0.361. The Balaban J connectivity index is 2.67. The second kappa shape index (κ2) is 8.04. The zero-order valence-corrected chi connectivity index (χ0v) is 14.4. The molecule has 1 rings (SSSR count). The molecule has 0 heterocycles. The van der Waals surface area contributed by atoms with E-state index in [1.165, 1.54) is 7.11 Å². The average Bonchev–Trinajstić information content (AvgIpc) is 2.48. The molecule has 0 amide bonds. The zero-order chi connectivity index (χ0) is 15.9. The van der Waals surface area contributed by atoms with Crippen LogP contribution in [0.15, 0.2) is 18.2 Å². The number of methoxy groups -OCH3 is 2. The molecule has 0 atom stereocenters. The standard InChI is InChI=1S/C15H24O5Si/c1-17-14-11-12(7-6-10-21(4,5)19-3)8-9-13(14)20-15(16)18-2/h8-9,11H,6-7,10H2,1-5H3. The van der Waals surface area contributed by atoms with Gasteiger partial charge in [-0.25, -0.2) is 4.79 Å². The van der Waals surface area contributed by atoms with Crippen molar-refractivity contribution in [3.8, 4) is 11.5 Å². The average molecular weight is 312 g/mol. The molecule has 6 heteroatoms. The summed E-state index contributed by atoms with van der Waals surface area (Å²) in [4.78, 5) is 11.1. The molecule has 0 saturated heterocycles. The summed E-state index contributed by atoms with van der Waals surface area (Å²) in [7, 11) is 3.09. The maximum Gasteiger partial charge on any atom is 0.513 e. The van der Waals surface area contributed by atoms with Crippen LogP contribution in [0, 0.1) is 0 Å². The van der Waals surface area contributed by atoms with Gasteiger partial charge in [-0.1, -0.05) is 6.07 Å². The summed E-state index contributed by atoms with van der Waals surface area (Å²) >= 11 is 0. The van der Waals surface area contributed by atoms with Gasteiger partial charge < -0.3 is 18.6 Å². The lowest BCUT2D eigenvalue weighted by Gasteiger charge is -2.19. The molecule has 118 valence electrons. The maximum atomic E-state index is 11.1. The summed E-state index contributed by atoms with van der Waals surface area (Å²) < 4.78 is 20.3. The second-order valence-electron chi connectivity index (χ2n) is 5.36. The molecule has 1 aromatic carbocycles. The quantitative estimate of drug-likeness (QED) is 0.437. The van der Waals surface area contributed by atoms with Gasteiger partial charge in [0.2, 0.25) is 0 Å². The van der Waals surface area contributed by atoms with E-state index in [9.17, 15) is 4.79 Å². The van der Waals surface area contributed by atoms with Crippen LogP contribution in [0.2, 0.25) is 19.1 Å². The Bertz CT molecular complexity index is 473. The van der Waals surface area contributed by atoms with Crippen LogP contribution in [0.5, 0.6) is 11.5 Å². The van der Waals surface area contributed by atoms with E-state index in [0.717, 1.165) is 24.4 Å². The van der Waals surface area contributed by atoms with Crippen LogP contribution < -0.4 is 9.47 Å². The Morgan fingerprint density at radius 3 is 2.43 bits per heavy atom. The van der Waals surface area contributed by atoms with Crippen LogP contribution in [0.3, 0.4) is 0 Å². The predicted molar refractivity (Wildman–Crippen MR) is 83.6 cm³/mol. The number of ether oxygens (including phenoxy) is 3. The third-order valence-corrected chi connectivity index (χ3v) is 6.05. The van der Waals surface area contributed by atoms with Crippen molar-refractivity contribution >= 4 is 14.5 Å². The van der Waals surface area contributed by atoms with E-state index in [-0.39, 0.29) is 0 Å². The van der Waals surface area contributed by atoms with Gasteiger partial charge in [-0.3, -0.25) is 0 Å². The lowest BCUT2D eigenvalue weighted by atomic mass is 10.1. The van der Waals surface area contributed by atoms with Gasteiger partial charge >= 0.3 is 6.16 Å². The molecule has 1 aromatic rings. The van der Waals surface area contributed by atoms with Gasteiger partial charge in [-0.05, 0) is 49.7 Å². The monoisotopic (exact) mass is 312 g/mol. The minimum atomic E-state index is -1.51. The largest absolute Gasteiger partial charge is 0.513 e. The number of benzene rings is 1. The van der Waals surface area contributed by atoms with E-state index in [0.29, 0.717) is 11.5 Å². The summed E-state index contributed by atoms with van der Waals surface area (Å²) in [5.41, 5.74) is 1.14. The number of carbonyl (C=O) groups is 1. The summed E-state index contributed by atoms with van der Waals surface area (Å²) in [5.74, 6) is 0.890. The van der Waals surface area contributed by atoms with Gasteiger partial charge in [0, 0.05) is 7.11 Å². The third kappa shape index (κ3) is 5.77. The Hall–Kier alpha value is -1.53. The smallest absolute Gasteiger partial charge is 0.493 e. The Labute approximate surface area is 127 Å². The van der Waals surface area contributed by atoms with E-state index < -0.39 is 14.5 Å². The summed E-state index contributed by atoms with van der Waals surface area (Å²) in [6.07, 6.45) is 1.25. The highest BCUT2D eigenvalue weighted by Crippen LogP contribution is 2.29. The highest BCUT2D eigenvalue weighted by Gasteiger charge is 2.19. The predicted octanol–water partition coefficient (Wildman–Crippen LogP) is 3.62. The van der Waals surface area contributed by atoms with Crippen molar-refractivity contribution in [1.82, 2.24) is 0 Å². The normalized spacial score (nSPS) is 11.1. The van der Waals surface area contributed by atoms with Crippen molar-refractivity contribution in [2.24, 2.45) is 0 Å². The van der Waals surface area contributed by atoms with Crippen molar-refractivity contribution in [3.63, 3.8) is 0 Å². The molecular formula is C15H24O5Si. The lowest BCUT2D eigenvalue weighted by molar-refractivity contribution is 0.120. The van der Waals surface area contributed by atoms with Crippen LogP contribution in [0.4, 0.5) is 4.79 Å². The van der Waals surface area contributed by atoms with Gasteiger partial charge in [0.25, 0.3) is 0 Å². The molecule has 0 unspecified atom stereocenters. The molecular weight excluding hydrogens is 288 g/mol. The van der Waals surface area contributed by atoms with Crippen LogP contribution in [0.25, 0.3) is 0 Å². The first kappa shape index (κ1) is 17.5. The Kier molecular flexibility index (Phi) is 6.71. The van der Waals surface area contributed by atoms with E-state index in [2.05, 4.69) is 17.8 Å². The van der Waals surface area contributed by atoms with Crippen molar-refractivity contribution < 1.29 is 23.4 Å². The highest BCUT2D eigenvalue weighted by molar-refractivity contribution is 6.71. The topological polar surface area (TPSA) is 54.0 Å². The molecule has 0 saturated carbocycles. The van der Waals surface area contributed by atoms with E-state index >= 15 is 0 Å². The number of hydrogen-bond donors (Lipinski definition) is 0. The van der Waals surface area contributed by atoms with Crippen molar-refractivity contribution in [1.29, 1.82) is 0 Å². The van der Waals surface area contributed by atoms with Gasteiger partial charge in [0.1, 0.15) is 0 Å². The first-order valence-electron chi connectivity index (χ1n) is 6.89. The fourth-order valence-electron chi connectivity index (χ4n) is 1.90. The van der Waals surface area contributed by atoms with Gasteiger partial charge in [-0.2, -0.15) is 0 Å². The summed E-state index contributed by atoms with van der Waals surface area (Å²) in [6, 6.07) is 6.65. The molecule has 0 radical (unpaired) electrons. The third-order valence-electron chi connectivity index (χ3n) is 3.38. The van der Waals surface area contributed by atoms with Crippen LogP contribution in [-0.2, 0) is 15.6 Å². The highest BCUT2D eigenvalue weighted by atomic mass is 28.4. The molecule has 0 fully saturated rings. The van der Waals surface area contributed by atoms with Crippen LogP contribution in [0.1, 0.15) is 12.0 Å². The number of rotatable bonds is 7. The molecule has 0 N–H and O–H groups in total. The van der Waals surface area contributed by atoms with Crippen molar-refractivity contribution in [3.05, 3.63) is 23.8 Å². The molecule has 0 aliphatic heterocycles. The number of hydrogen-bond acceptors (Lipinski definition) is 5. The van der Waals surface area contributed by atoms with Crippen molar-refractivity contribution in [2.75, 3.05) is 21.3 Å². The minimum Gasteiger partial charge on any atom is -0.493 e. The molecule has 21 heavy (non-hydrogen) atoms. The molecule has 0 aliphatic carbocycles.